The highest BCUT2D eigenvalue weighted by Crippen LogP contribution is 2.16. The Balaban J connectivity index is 2.62. The fourth-order valence-corrected chi connectivity index (χ4v) is 2.34. The second-order valence-corrected chi connectivity index (χ2v) is 5.84. The molecule has 0 aliphatic heterocycles. The van der Waals surface area contributed by atoms with Gasteiger partial charge in [0.1, 0.15) is 0 Å². The molecule has 1 rings (SSSR count). The third-order valence-electron chi connectivity index (χ3n) is 3.03. The van der Waals surface area contributed by atoms with Crippen molar-refractivity contribution in [1.29, 1.82) is 0 Å². The number of carbonyl (C=O) groups is 1. The van der Waals surface area contributed by atoms with Crippen LogP contribution in [0.15, 0.2) is 22.7 Å². The van der Waals surface area contributed by atoms with Gasteiger partial charge in [-0.3, -0.25) is 4.79 Å². The number of carbonyl (C=O) groups excluding carboxylic acids is 1. The molecule has 4 heteroatoms. The van der Waals surface area contributed by atoms with Gasteiger partial charge in [0.25, 0.3) is 0 Å². The second-order valence-electron chi connectivity index (χ2n) is 4.92. The van der Waals surface area contributed by atoms with Crippen LogP contribution in [-0.2, 0) is 11.3 Å². The molecule has 3 nitrogen and oxygen atoms in total. The summed E-state index contributed by atoms with van der Waals surface area (Å²) in [5.74, 6) is -0.0910. The van der Waals surface area contributed by atoms with Gasteiger partial charge in [-0.05, 0) is 43.5 Å². The third-order valence-corrected chi connectivity index (χ3v) is 3.53. The van der Waals surface area contributed by atoms with Crippen LogP contribution in [0.2, 0.25) is 0 Å². The first-order valence-corrected chi connectivity index (χ1v) is 6.98. The van der Waals surface area contributed by atoms with Crippen molar-refractivity contribution in [3.63, 3.8) is 0 Å². The quantitative estimate of drug-likeness (QED) is 0.878. The van der Waals surface area contributed by atoms with Crippen LogP contribution < -0.4 is 11.1 Å². The molecule has 1 unspecified atom stereocenters. The number of hydrogen-bond donors (Lipinski definition) is 2. The Labute approximate surface area is 117 Å². The number of benzene rings is 1. The van der Waals surface area contributed by atoms with E-state index in [4.69, 9.17) is 5.73 Å². The van der Waals surface area contributed by atoms with Crippen molar-refractivity contribution >= 4 is 21.8 Å². The molecule has 18 heavy (non-hydrogen) atoms. The summed E-state index contributed by atoms with van der Waals surface area (Å²) in [6, 6.07) is 6.02. The Kier molecular flexibility index (Phi) is 5.35. The number of halogens is 1. The predicted octanol–water partition coefficient (Wildman–Crippen LogP) is 2.89. The lowest BCUT2D eigenvalue weighted by atomic mass is 9.96. The molecule has 0 fully saturated rings. The maximum absolute atomic E-state index is 12.0. The maximum atomic E-state index is 12.0. The molecular weight excluding hydrogens is 292 g/mol. The Morgan fingerprint density at radius 3 is 2.72 bits per heavy atom. The number of amides is 1. The van der Waals surface area contributed by atoms with Crippen LogP contribution >= 0.6 is 15.9 Å². The molecule has 0 aromatic heterocycles. The van der Waals surface area contributed by atoms with Crippen LogP contribution in [0, 0.1) is 6.92 Å². The largest absolute Gasteiger partial charge is 0.350 e. The van der Waals surface area contributed by atoms with Gasteiger partial charge >= 0.3 is 0 Å². The van der Waals surface area contributed by atoms with Crippen molar-refractivity contribution in [3.05, 3.63) is 33.8 Å². The SMILES string of the molecule is CCCC(C)(N)C(=O)NCc1ccc(Br)cc1C. The van der Waals surface area contributed by atoms with Crippen molar-refractivity contribution in [2.45, 2.75) is 45.7 Å². The fourth-order valence-electron chi connectivity index (χ4n) is 1.87. The summed E-state index contributed by atoms with van der Waals surface area (Å²) in [5.41, 5.74) is 7.46. The Morgan fingerprint density at radius 2 is 2.17 bits per heavy atom. The molecule has 0 bridgehead atoms. The zero-order chi connectivity index (χ0) is 13.8. The van der Waals surface area contributed by atoms with Gasteiger partial charge in [0.15, 0.2) is 0 Å². The molecule has 0 aliphatic rings. The van der Waals surface area contributed by atoms with Gasteiger partial charge < -0.3 is 11.1 Å². The van der Waals surface area contributed by atoms with Crippen LogP contribution in [0.3, 0.4) is 0 Å². The summed E-state index contributed by atoms with van der Waals surface area (Å²) in [4.78, 5) is 12.0. The molecule has 0 heterocycles. The lowest BCUT2D eigenvalue weighted by Gasteiger charge is -2.23. The number of rotatable bonds is 5. The molecule has 1 aromatic carbocycles. The average Bonchev–Trinajstić information content (AvgIpc) is 2.27. The van der Waals surface area contributed by atoms with E-state index in [2.05, 4.69) is 21.2 Å². The smallest absolute Gasteiger partial charge is 0.240 e. The molecule has 1 atom stereocenters. The van der Waals surface area contributed by atoms with E-state index in [0.29, 0.717) is 13.0 Å². The highest BCUT2D eigenvalue weighted by Gasteiger charge is 2.26. The maximum Gasteiger partial charge on any atom is 0.240 e. The normalized spacial score (nSPS) is 14.1. The van der Waals surface area contributed by atoms with Gasteiger partial charge in [0, 0.05) is 11.0 Å². The monoisotopic (exact) mass is 312 g/mol. The molecular formula is C14H21BrN2O. The van der Waals surface area contributed by atoms with Crippen molar-refractivity contribution < 1.29 is 4.79 Å². The summed E-state index contributed by atoms with van der Waals surface area (Å²) in [6.07, 6.45) is 1.59. The molecule has 0 aliphatic carbocycles. The van der Waals surface area contributed by atoms with E-state index in [-0.39, 0.29) is 5.91 Å². The molecule has 1 amide bonds. The lowest BCUT2D eigenvalue weighted by Crippen LogP contribution is -2.51. The zero-order valence-electron chi connectivity index (χ0n) is 11.2. The predicted molar refractivity (Wildman–Crippen MR) is 78.2 cm³/mol. The van der Waals surface area contributed by atoms with Crippen LogP contribution in [-0.4, -0.2) is 11.4 Å². The lowest BCUT2D eigenvalue weighted by molar-refractivity contribution is -0.126. The molecule has 1 aromatic rings. The van der Waals surface area contributed by atoms with Gasteiger partial charge in [-0.1, -0.05) is 35.3 Å². The molecule has 100 valence electrons. The average molecular weight is 313 g/mol. The summed E-state index contributed by atoms with van der Waals surface area (Å²) in [5, 5.41) is 2.91. The standard InChI is InChI=1S/C14H21BrN2O/c1-4-7-14(3,16)13(18)17-9-11-5-6-12(15)8-10(11)2/h5-6,8H,4,7,9,16H2,1-3H3,(H,17,18). The van der Waals surface area contributed by atoms with Gasteiger partial charge in [0.2, 0.25) is 5.91 Å². The number of aryl methyl sites for hydroxylation is 1. The number of hydrogen-bond acceptors (Lipinski definition) is 2. The van der Waals surface area contributed by atoms with Crippen LogP contribution in [0.25, 0.3) is 0 Å². The van der Waals surface area contributed by atoms with E-state index in [1.54, 1.807) is 6.92 Å². The van der Waals surface area contributed by atoms with E-state index in [1.165, 1.54) is 0 Å². The summed E-state index contributed by atoms with van der Waals surface area (Å²) in [7, 11) is 0. The van der Waals surface area contributed by atoms with Crippen molar-refractivity contribution in [3.8, 4) is 0 Å². The van der Waals surface area contributed by atoms with Gasteiger partial charge in [0.05, 0.1) is 5.54 Å². The van der Waals surface area contributed by atoms with Crippen LogP contribution in [0.5, 0.6) is 0 Å². The first-order valence-electron chi connectivity index (χ1n) is 6.19. The first-order chi connectivity index (χ1) is 8.36. The minimum atomic E-state index is -0.780. The topological polar surface area (TPSA) is 55.1 Å². The molecule has 0 spiro atoms. The second kappa shape index (κ2) is 6.34. The number of nitrogens with two attached hydrogens (primary N) is 1. The van der Waals surface area contributed by atoms with Crippen LogP contribution in [0.4, 0.5) is 0 Å². The van der Waals surface area contributed by atoms with E-state index < -0.39 is 5.54 Å². The third kappa shape index (κ3) is 4.10. The molecule has 0 saturated heterocycles. The highest BCUT2D eigenvalue weighted by molar-refractivity contribution is 9.10. The minimum Gasteiger partial charge on any atom is -0.350 e. The Morgan fingerprint density at radius 1 is 1.50 bits per heavy atom. The highest BCUT2D eigenvalue weighted by atomic mass is 79.9. The number of nitrogens with one attached hydrogen (secondary N) is 1. The van der Waals surface area contributed by atoms with Gasteiger partial charge in [-0.2, -0.15) is 0 Å². The van der Waals surface area contributed by atoms with Gasteiger partial charge in [-0.25, -0.2) is 0 Å². The van der Waals surface area contributed by atoms with E-state index >= 15 is 0 Å². The first kappa shape index (κ1) is 15.2. The molecule has 3 N–H and O–H groups in total. The van der Waals surface area contributed by atoms with Crippen molar-refractivity contribution in [2.24, 2.45) is 5.73 Å². The van der Waals surface area contributed by atoms with E-state index in [1.807, 2.05) is 32.0 Å². The van der Waals surface area contributed by atoms with Gasteiger partial charge in [-0.15, -0.1) is 0 Å². The van der Waals surface area contributed by atoms with E-state index in [9.17, 15) is 4.79 Å². The van der Waals surface area contributed by atoms with E-state index in [0.717, 1.165) is 22.0 Å². The van der Waals surface area contributed by atoms with Crippen molar-refractivity contribution in [2.75, 3.05) is 0 Å². The Hall–Kier alpha value is -0.870. The summed E-state index contributed by atoms with van der Waals surface area (Å²) >= 11 is 3.42. The van der Waals surface area contributed by atoms with Crippen LogP contribution in [0.1, 0.15) is 37.8 Å². The minimum absolute atomic E-state index is 0.0910. The summed E-state index contributed by atoms with van der Waals surface area (Å²) in [6.45, 7) is 6.35. The Bertz CT molecular complexity index is 430. The zero-order valence-corrected chi connectivity index (χ0v) is 12.8. The molecule has 0 radical (unpaired) electrons. The van der Waals surface area contributed by atoms with Crippen molar-refractivity contribution in [1.82, 2.24) is 5.32 Å². The summed E-state index contributed by atoms with van der Waals surface area (Å²) < 4.78 is 1.05. The fraction of sp³-hybridized carbons (Fsp3) is 0.500. The molecule has 0 saturated carbocycles.